The lowest BCUT2D eigenvalue weighted by Gasteiger charge is -2.71. The lowest BCUT2D eigenvalue weighted by atomic mass is 9.33. The lowest BCUT2D eigenvalue weighted by molar-refractivity contribution is -0.220. The van der Waals surface area contributed by atoms with Crippen LogP contribution in [0.3, 0.4) is 0 Å². The largest absolute Gasteiger partial charge is 0.481 e. The van der Waals surface area contributed by atoms with Gasteiger partial charge in [0.1, 0.15) is 0 Å². The molecule has 34 heavy (non-hydrogen) atoms. The molecule has 0 heterocycles. The van der Waals surface area contributed by atoms with E-state index in [1.807, 2.05) is 0 Å². The van der Waals surface area contributed by atoms with E-state index in [4.69, 9.17) is 0 Å². The van der Waals surface area contributed by atoms with Crippen LogP contribution in [0.25, 0.3) is 0 Å². The molecule has 5 rings (SSSR count). The summed E-state index contributed by atoms with van der Waals surface area (Å²) in [6.45, 7) is 17.2. The van der Waals surface area contributed by atoms with Gasteiger partial charge in [0.25, 0.3) is 0 Å². The predicted molar refractivity (Wildman–Crippen MR) is 137 cm³/mol. The molecule has 0 saturated heterocycles. The van der Waals surface area contributed by atoms with Gasteiger partial charge in [0.2, 0.25) is 0 Å². The van der Waals surface area contributed by atoms with E-state index in [0.29, 0.717) is 24.2 Å². The van der Waals surface area contributed by atoms with Gasteiger partial charge in [0, 0.05) is 5.41 Å². The Labute approximate surface area is 208 Å². The Morgan fingerprint density at radius 3 is 2.26 bits per heavy atom. The topological polar surface area (TPSA) is 57.5 Å². The fourth-order valence-corrected chi connectivity index (χ4v) is 11.0. The molecule has 192 valence electrons. The van der Waals surface area contributed by atoms with Gasteiger partial charge in [0.05, 0.1) is 12.5 Å². The number of aliphatic hydroxyl groups is 1. The van der Waals surface area contributed by atoms with Gasteiger partial charge < -0.3 is 10.2 Å². The van der Waals surface area contributed by atoms with Crippen molar-refractivity contribution in [2.45, 2.75) is 125 Å². The first kappa shape index (κ1) is 24.8. The van der Waals surface area contributed by atoms with Crippen molar-refractivity contribution >= 4 is 5.97 Å². The van der Waals surface area contributed by atoms with E-state index < -0.39 is 5.97 Å². The third-order valence-corrected chi connectivity index (χ3v) is 13.2. The molecule has 0 aromatic rings. The number of rotatable bonds is 2. The number of hydrogen-bond acceptors (Lipinski definition) is 2. The van der Waals surface area contributed by atoms with E-state index in [0.717, 1.165) is 51.4 Å². The molecule has 8 atom stereocenters. The highest BCUT2D eigenvalue weighted by molar-refractivity contribution is 5.68. The molecule has 4 fully saturated rings. The van der Waals surface area contributed by atoms with Gasteiger partial charge in [0.15, 0.2) is 0 Å². The number of aliphatic hydroxyl groups excluding tert-OH is 1. The molecule has 0 spiro atoms. The first-order valence-corrected chi connectivity index (χ1v) is 14.2. The number of hydrogen-bond donors (Lipinski definition) is 2. The number of carbonyl (C=O) groups is 1. The van der Waals surface area contributed by atoms with Crippen LogP contribution in [0.5, 0.6) is 0 Å². The summed E-state index contributed by atoms with van der Waals surface area (Å²) in [5, 5.41) is 21.5. The summed E-state index contributed by atoms with van der Waals surface area (Å²) < 4.78 is 0. The SMILES string of the molecule is CC1(C)CC[C@]2(CC(=O)O)CC[C@]3(C)C(=CC[C@@H]4[C@@]5(C)C(O)CCC(C)(C)[C@@H]5CC[C@]43C)[C@@H]2C1. The van der Waals surface area contributed by atoms with Crippen molar-refractivity contribution in [2.24, 2.45) is 50.2 Å². The summed E-state index contributed by atoms with van der Waals surface area (Å²) in [7, 11) is 0. The normalized spacial score (nSPS) is 51.2. The molecule has 4 saturated carbocycles. The molecule has 2 N–H and O–H groups in total. The molecule has 1 unspecified atom stereocenters. The Hall–Kier alpha value is -0.830. The highest BCUT2D eigenvalue weighted by atomic mass is 16.4. The molecule has 0 amide bonds. The fraction of sp³-hybridized carbons (Fsp3) is 0.903. The minimum absolute atomic E-state index is 0.0405. The van der Waals surface area contributed by atoms with Crippen LogP contribution in [-0.4, -0.2) is 22.3 Å². The Balaban J connectivity index is 1.60. The lowest BCUT2D eigenvalue weighted by Crippen LogP contribution is -2.66. The highest BCUT2D eigenvalue weighted by Gasteiger charge is 2.69. The van der Waals surface area contributed by atoms with Crippen LogP contribution in [-0.2, 0) is 4.79 Å². The Morgan fingerprint density at radius 1 is 0.912 bits per heavy atom. The van der Waals surface area contributed by atoms with Gasteiger partial charge in [-0.05, 0) is 109 Å². The Morgan fingerprint density at radius 2 is 1.59 bits per heavy atom. The van der Waals surface area contributed by atoms with E-state index in [1.54, 1.807) is 5.57 Å². The standard InChI is InChI=1S/C31H50O3/c1-26(2)14-16-31(19-25(33)34)17-15-28(5)20(21(31)18-26)8-9-23-29(28,6)13-10-22-27(3,4)12-11-24(32)30(22,23)7/h8,21-24,32H,9-19H2,1-7H3,(H,33,34)/t21-,22-,23-,24?,28+,29+,30-,31+/m0/s1. The summed E-state index contributed by atoms with van der Waals surface area (Å²) >= 11 is 0. The molecule has 0 aliphatic heterocycles. The third-order valence-electron chi connectivity index (χ3n) is 13.2. The predicted octanol–water partition coefficient (Wildman–Crippen LogP) is 7.62. The van der Waals surface area contributed by atoms with Gasteiger partial charge in [-0.1, -0.05) is 60.1 Å². The maximum Gasteiger partial charge on any atom is 0.303 e. The third kappa shape index (κ3) is 3.13. The zero-order valence-corrected chi connectivity index (χ0v) is 23.0. The van der Waals surface area contributed by atoms with Crippen LogP contribution < -0.4 is 0 Å². The van der Waals surface area contributed by atoms with Crippen LogP contribution in [0.1, 0.15) is 119 Å². The highest BCUT2D eigenvalue weighted by Crippen LogP contribution is 2.76. The molecular formula is C31H50O3. The molecular weight excluding hydrogens is 420 g/mol. The number of carboxylic acids is 1. The van der Waals surface area contributed by atoms with Crippen LogP contribution in [0.15, 0.2) is 11.6 Å². The van der Waals surface area contributed by atoms with Crippen LogP contribution in [0.2, 0.25) is 0 Å². The second kappa shape index (κ2) is 7.36. The maximum atomic E-state index is 12.1. The van der Waals surface area contributed by atoms with E-state index >= 15 is 0 Å². The molecule has 0 aromatic heterocycles. The van der Waals surface area contributed by atoms with Crippen molar-refractivity contribution < 1.29 is 15.0 Å². The number of fused-ring (bicyclic) bond motifs is 7. The van der Waals surface area contributed by atoms with Crippen molar-refractivity contribution in [3.05, 3.63) is 11.6 Å². The van der Waals surface area contributed by atoms with Crippen molar-refractivity contribution in [3.8, 4) is 0 Å². The second-order valence-corrected chi connectivity index (χ2v) is 15.6. The zero-order chi connectivity index (χ0) is 24.9. The van der Waals surface area contributed by atoms with Crippen molar-refractivity contribution in [1.82, 2.24) is 0 Å². The molecule has 3 nitrogen and oxygen atoms in total. The molecule has 5 aliphatic rings. The van der Waals surface area contributed by atoms with E-state index in [-0.39, 0.29) is 38.6 Å². The van der Waals surface area contributed by atoms with Crippen molar-refractivity contribution in [1.29, 1.82) is 0 Å². The molecule has 0 bridgehead atoms. The fourth-order valence-electron chi connectivity index (χ4n) is 11.0. The van der Waals surface area contributed by atoms with Gasteiger partial charge in [-0.3, -0.25) is 4.79 Å². The summed E-state index contributed by atoms with van der Waals surface area (Å²) in [4.78, 5) is 12.1. The van der Waals surface area contributed by atoms with Crippen LogP contribution in [0.4, 0.5) is 0 Å². The van der Waals surface area contributed by atoms with Crippen molar-refractivity contribution in [3.63, 3.8) is 0 Å². The molecule has 0 radical (unpaired) electrons. The molecule has 5 aliphatic carbocycles. The van der Waals surface area contributed by atoms with Gasteiger partial charge in [-0.25, -0.2) is 0 Å². The average molecular weight is 471 g/mol. The molecule has 3 heteroatoms. The minimum Gasteiger partial charge on any atom is -0.481 e. The van der Waals surface area contributed by atoms with Crippen LogP contribution >= 0.6 is 0 Å². The minimum atomic E-state index is -0.616. The van der Waals surface area contributed by atoms with Crippen LogP contribution in [0, 0.1) is 50.2 Å². The Kier molecular flexibility index (Phi) is 5.38. The summed E-state index contributed by atoms with van der Waals surface area (Å²) in [6, 6.07) is 0. The van der Waals surface area contributed by atoms with Gasteiger partial charge in [-0.2, -0.15) is 0 Å². The first-order chi connectivity index (χ1) is 15.6. The average Bonchev–Trinajstić information content (AvgIpc) is 2.72. The van der Waals surface area contributed by atoms with Gasteiger partial charge in [-0.15, -0.1) is 0 Å². The summed E-state index contributed by atoms with van der Waals surface area (Å²) in [6.07, 6.45) is 13.8. The van der Waals surface area contributed by atoms with Crippen molar-refractivity contribution in [2.75, 3.05) is 0 Å². The summed E-state index contributed by atoms with van der Waals surface area (Å²) in [5.74, 6) is 0.839. The molecule has 0 aromatic carbocycles. The zero-order valence-electron chi connectivity index (χ0n) is 23.0. The van der Waals surface area contributed by atoms with E-state index in [9.17, 15) is 15.0 Å². The smallest absolute Gasteiger partial charge is 0.303 e. The summed E-state index contributed by atoms with van der Waals surface area (Å²) in [5.41, 5.74) is 2.33. The first-order valence-electron chi connectivity index (χ1n) is 14.2. The second-order valence-electron chi connectivity index (χ2n) is 15.6. The van der Waals surface area contributed by atoms with E-state index in [2.05, 4.69) is 54.5 Å². The number of allylic oxidation sites excluding steroid dienone is 2. The quantitative estimate of drug-likeness (QED) is 0.408. The number of carboxylic acid groups (broad SMARTS) is 1. The maximum absolute atomic E-state index is 12.1. The van der Waals surface area contributed by atoms with E-state index in [1.165, 1.54) is 12.8 Å². The van der Waals surface area contributed by atoms with Gasteiger partial charge >= 0.3 is 5.97 Å². The monoisotopic (exact) mass is 470 g/mol. The Bertz CT molecular complexity index is 900. The number of aliphatic carboxylic acids is 1.